The minimum absolute atomic E-state index is 0.504. The number of thiophene rings is 1. The highest BCUT2D eigenvalue weighted by Gasteiger charge is 2.16. The number of hydrogen-bond donors (Lipinski definition) is 2. The molecule has 0 fully saturated rings. The lowest BCUT2D eigenvalue weighted by Gasteiger charge is -2.19. The van der Waals surface area contributed by atoms with Gasteiger partial charge in [0, 0.05) is 28.1 Å². The number of nitrogens with one attached hydrogen (secondary N) is 2. The van der Waals surface area contributed by atoms with Gasteiger partial charge in [-0.05, 0) is 68.7 Å². The average molecular weight is 424 g/mol. The van der Waals surface area contributed by atoms with Crippen LogP contribution in [0.3, 0.4) is 0 Å². The molecule has 0 saturated carbocycles. The first kappa shape index (κ1) is 21.5. The van der Waals surface area contributed by atoms with Gasteiger partial charge in [0.1, 0.15) is 5.60 Å². The molecule has 0 radical (unpaired) electrons. The zero-order valence-electron chi connectivity index (χ0n) is 17.5. The number of carbonyl (C=O) groups excluding carboxylic acids is 2. The van der Waals surface area contributed by atoms with E-state index < -0.39 is 11.7 Å². The van der Waals surface area contributed by atoms with Crippen LogP contribution in [0.1, 0.15) is 31.9 Å². The highest BCUT2D eigenvalue weighted by Crippen LogP contribution is 2.35. The van der Waals surface area contributed by atoms with Crippen molar-refractivity contribution in [2.45, 2.75) is 39.8 Å². The summed E-state index contributed by atoms with van der Waals surface area (Å²) in [5.41, 5.74) is 4.24. The molecule has 0 spiro atoms. The average Bonchev–Trinajstić information content (AvgIpc) is 3.16. The Morgan fingerprint density at radius 1 is 1.10 bits per heavy atom. The fraction of sp³-hybridized carbons (Fsp3) is 0.261. The Kier molecular flexibility index (Phi) is 6.52. The number of pyridine rings is 1. The number of benzene rings is 1. The van der Waals surface area contributed by atoms with Gasteiger partial charge in [0.25, 0.3) is 0 Å². The number of nitrogens with zero attached hydrogens (tertiary/aromatic N) is 1. The number of rotatable bonds is 6. The minimum Gasteiger partial charge on any atom is -0.444 e. The van der Waals surface area contributed by atoms with E-state index in [0.717, 1.165) is 32.0 Å². The first-order chi connectivity index (χ1) is 14.2. The van der Waals surface area contributed by atoms with E-state index in [0.29, 0.717) is 18.6 Å². The SMILES string of the molecule is Cc1ccc(-c2ccc(-c3cncc(NC(=O)OC(C)(C)C)c3)s2)cc1CNC=O. The molecule has 3 rings (SSSR count). The Balaban J connectivity index is 1.80. The third-order valence-electron chi connectivity index (χ3n) is 4.28. The molecule has 6 nitrogen and oxygen atoms in total. The molecule has 0 aliphatic heterocycles. The maximum absolute atomic E-state index is 12.0. The number of aromatic nitrogens is 1. The van der Waals surface area contributed by atoms with Crippen LogP contribution in [0.5, 0.6) is 0 Å². The molecule has 3 aromatic rings. The van der Waals surface area contributed by atoms with E-state index in [-0.39, 0.29) is 0 Å². The molecule has 7 heteroatoms. The molecule has 0 aliphatic carbocycles. The van der Waals surface area contributed by atoms with Crippen molar-refractivity contribution in [3.8, 4) is 20.9 Å². The molecule has 0 unspecified atom stereocenters. The monoisotopic (exact) mass is 423 g/mol. The number of ether oxygens (including phenoxy) is 1. The standard InChI is InChI=1S/C23H25N3O3S/c1-15-5-6-16(9-17(15)11-25-14-27)20-7-8-21(30-20)18-10-19(13-24-12-18)26-22(28)29-23(2,3)4/h5-10,12-14H,11H2,1-4H3,(H,25,27)(H,26,28). The lowest BCUT2D eigenvalue weighted by atomic mass is 10.0. The van der Waals surface area contributed by atoms with E-state index in [1.165, 1.54) is 0 Å². The molecule has 156 valence electrons. The zero-order valence-corrected chi connectivity index (χ0v) is 18.3. The Morgan fingerprint density at radius 3 is 2.53 bits per heavy atom. The van der Waals surface area contributed by atoms with Crippen LogP contribution >= 0.6 is 11.3 Å². The van der Waals surface area contributed by atoms with Gasteiger partial charge in [-0.3, -0.25) is 15.1 Å². The minimum atomic E-state index is -0.564. The van der Waals surface area contributed by atoms with Crippen LogP contribution in [0.2, 0.25) is 0 Å². The quantitative estimate of drug-likeness (QED) is 0.522. The van der Waals surface area contributed by atoms with Gasteiger partial charge in [0.2, 0.25) is 6.41 Å². The molecular formula is C23H25N3O3S. The largest absolute Gasteiger partial charge is 0.444 e. The van der Waals surface area contributed by atoms with Gasteiger partial charge in [0.05, 0.1) is 11.9 Å². The second kappa shape index (κ2) is 9.09. The normalized spacial score (nSPS) is 11.1. The number of anilines is 1. The van der Waals surface area contributed by atoms with Crippen molar-refractivity contribution in [2.24, 2.45) is 0 Å². The van der Waals surface area contributed by atoms with Gasteiger partial charge in [0.15, 0.2) is 0 Å². The molecule has 0 aliphatic rings. The van der Waals surface area contributed by atoms with Gasteiger partial charge < -0.3 is 10.1 Å². The van der Waals surface area contributed by atoms with Crippen LogP contribution in [-0.2, 0) is 16.1 Å². The first-order valence-electron chi connectivity index (χ1n) is 9.57. The summed E-state index contributed by atoms with van der Waals surface area (Å²) in [5, 5.41) is 5.45. The van der Waals surface area contributed by atoms with E-state index in [4.69, 9.17) is 4.74 Å². The zero-order chi connectivity index (χ0) is 21.7. The fourth-order valence-corrected chi connectivity index (χ4v) is 3.86. The van der Waals surface area contributed by atoms with E-state index in [1.54, 1.807) is 23.7 Å². The summed E-state index contributed by atoms with van der Waals surface area (Å²) in [6.07, 6.45) is 3.56. The fourth-order valence-electron chi connectivity index (χ4n) is 2.88. The maximum atomic E-state index is 12.0. The smallest absolute Gasteiger partial charge is 0.412 e. The van der Waals surface area contributed by atoms with Crippen molar-refractivity contribution >= 4 is 29.5 Å². The van der Waals surface area contributed by atoms with Crippen LogP contribution in [0, 0.1) is 6.92 Å². The summed E-state index contributed by atoms with van der Waals surface area (Å²) in [4.78, 5) is 29.0. The molecule has 0 saturated heterocycles. The predicted octanol–water partition coefficient (Wildman–Crippen LogP) is 5.38. The van der Waals surface area contributed by atoms with Crippen molar-refractivity contribution in [3.63, 3.8) is 0 Å². The molecule has 1 aromatic carbocycles. The van der Waals surface area contributed by atoms with E-state index in [1.807, 2.05) is 39.8 Å². The highest BCUT2D eigenvalue weighted by atomic mass is 32.1. The number of carbonyl (C=O) groups is 2. The molecule has 0 atom stereocenters. The van der Waals surface area contributed by atoms with Crippen molar-refractivity contribution in [2.75, 3.05) is 5.32 Å². The summed E-state index contributed by atoms with van der Waals surface area (Å²) < 4.78 is 5.30. The predicted molar refractivity (Wildman–Crippen MR) is 120 cm³/mol. The molecule has 2 N–H and O–H groups in total. The van der Waals surface area contributed by atoms with Gasteiger partial charge >= 0.3 is 6.09 Å². The van der Waals surface area contributed by atoms with Crippen LogP contribution in [-0.4, -0.2) is 23.1 Å². The molecule has 0 bridgehead atoms. The Hall–Kier alpha value is -3.19. The third kappa shape index (κ3) is 5.67. The van der Waals surface area contributed by atoms with E-state index in [9.17, 15) is 9.59 Å². The topological polar surface area (TPSA) is 80.3 Å². The van der Waals surface area contributed by atoms with E-state index >= 15 is 0 Å². The first-order valence-corrected chi connectivity index (χ1v) is 10.4. The van der Waals surface area contributed by atoms with Crippen LogP contribution in [0.25, 0.3) is 20.9 Å². The Labute approximate surface area is 180 Å². The lowest BCUT2D eigenvalue weighted by Crippen LogP contribution is -2.27. The van der Waals surface area contributed by atoms with Crippen LogP contribution < -0.4 is 10.6 Å². The summed E-state index contributed by atoms with van der Waals surface area (Å²) in [7, 11) is 0. The third-order valence-corrected chi connectivity index (χ3v) is 5.47. The number of amides is 2. The molecule has 2 amide bonds. The van der Waals surface area contributed by atoms with Gasteiger partial charge in [-0.2, -0.15) is 0 Å². The highest BCUT2D eigenvalue weighted by molar-refractivity contribution is 7.18. The number of aryl methyl sites for hydroxylation is 1. The van der Waals surface area contributed by atoms with Crippen molar-refractivity contribution < 1.29 is 14.3 Å². The second-order valence-corrected chi connectivity index (χ2v) is 8.98. The molecule has 2 aromatic heterocycles. The van der Waals surface area contributed by atoms with Crippen molar-refractivity contribution in [3.05, 3.63) is 59.9 Å². The van der Waals surface area contributed by atoms with Gasteiger partial charge in [-0.1, -0.05) is 12.1 Å². The number of hydrogen-bond acceptors (Lipinski definition) is 5. The van der Waals surface area contributed by atoms with Gasteiger partial charge in [-0.15, -0.1) is 11.3 Å². The van der Waals surface area contributed by atoms with Crippen molar-refractivity contribution in [1.29, 1.82) is 0 Å². The van der Waals surface area contributed by atoms with E-state index in [2.05, 4.69) is 39.9 Å². The van der Waals surface area contributed by atoms with Gasteiger partial charge in [-0.25, -0.2) is 4.79 Å². The molecular weight excluding hydrogens is 398 g/mol. The molecule has 2 heterocycles. The van der Waals surface area contributed by atoms with Crippen LogP contribution in [0.15, 0.2) is 48.8 Å². The molecule has 30 heavy (non-hydrogen) atoms. The van der Waals surface area contributed by atoms with Crippen molar-refractivity contribution in [1.82, 2.24) is 10.3 Å². The maximum Gasteiger partial charge on any atom is 0.412 e. The Morgan fingerprint density at radius 2 is 1.83 bits per heavy atom. The summed E-state index contributed by atoms with van der Waals surface area (Å²) in [6, 6.07) is 12.2. The lowest BCUT2D eigenvalue weighted by molar-refractivity contribution is -0.109. The Bertz CT molecular complexity index is 1050. The summed E-state index contributed by atoms with van der Waals surface area (Å²) in [5.74, 6) is 0. The summed E-state index contributed by atoms with van der Waals surface area (Å²) >= 11 is 1.64. The summed E-state index contributed by atoms with van der Waals surface area (Å²) in [6.45, 7) is 7.99. The van der Waals surface area contributed by atoms with Crippen LogP contribution in [0.4, 0.5) is 10.5 Å². The second-order valence-electron chi connectivity index (χ2n) is 7.89.